The van der Waals surface area contributed by atoms with E-state index < -0.39 is 23.8 Å². The van der Waals surface area contributed by atoms with Crippen molar-refractivity contribution in [2.75, 3.05) is 7.11 Å². The average molecular weight is 357 g/mol. The lowest BCUT2D eigenvalue weighted by molar-refractivity contribution is -0.145. The molecular formula is C19H23N3O4. The standard InChI is InChI=1S/C19H23N3O4/c1-4-12-22-16(23)11-10-15(21-22)18(24)20-17(13(2)19(25)26-3)14-8-6-5-7-9-14/h5-11,13,17H,4,12H2,1-3H3,(H,20,24). The van der Waals surface area contributed by atoms with Gasteiger partial charge in [-0.1, -0.05) is 37.3 Å². The van der Waals surface area contributed by atoms with Crippen molar-refractivity contribution in [3.8, 4) is 0 Å². The quantitative estimate of drug-likeness (QED) is 0.765. The molecule has 26 heavy (non-hydrogen) atoms. The Balaban J connectivity index is 2.30. The first kappa shape index (κ1) is 19.4. The molecule has 2 aromatic rings. The minimum Gasteiger partial charge on any atom is -0.469 e. The number of methoxy groups -OCH3 is 1. The fourth-order valence-electron chi connectivity index (χ4n) is 2.64. The Kier molecular flexibility index (Phi) is 6.66. The van der Waals surface area contributed by atoms with E-state index in [2.05, 4.69) is 10.4 Å². The number of hydrogen-bond donors (Lipinski definition) is 1. The van der Waals surface area contributed by atoms with E-state index in [1.165, 1.54) is 23.9 Å². The Morgan fingerprint density at radius 2 is 1.88 bits per heavy atom. The van der Waals surface area contributed by atoms with Gasteiger partial charge in [0.25, 0.3) is 11.5 Å². The predicted molar refractivity (Wildman–Crippen MR) is 96.6 cm³/mol. The van der Waals surface area contributed by atoms with E-state index >= 15 is 0 Å². The van der Waals surface area contributed by atoms with Crippen molar-refractivity contribution in [1.29, 1.82) is 0 Å². The Bertz CT molecular complexity index is 817. The zero-order valence-corrected chi connectivity index (χ0v) is 15.1. The first-order chi connectivity index (χ1) is 12.5. The predicted octanol–water partition coefficient (Wildman–Crippen LogP) is 1.93. The smallest absolute Gasteiger partial charge is 0.310 e. The van der Waals surface area contributed by atoms with Gasteiger partial charge in [0.05, 0.1) is 19.1 Å². The lowest BCUT2D eigenvalue weighted by Crippen LogP contribution is -2.37. The topological polar surface area (TPSA) is 90.3 Å². The highest BCUT2D eigenvalue weighted by Gasteiger charge is 2.28. The fourth-order valence-corrected chi connectivity index (χ4v) is 2.64. The van der Waals surface area contributed by atoms with Crippen LogP contribution in [0.1, 0.15) is 42.4 Å². The molecule has 2 unspecified atom stereocenters. The third kappa shape index (κ3) is 4.56. The second-order valence-corrected chi connectivity index (χ2v) is 5.95. The number of amides is 1. The molecule has 0 aliphatic heterocycles. The van der Waals surface area contributed by atoms with Crippen LogP contribution in [-0.4, -0.2) is 28.8 Å². The zero-order chi connectivity index (χ0) is 19.1. The molecule has 1 aromatic heterocycles. The summed E-state index contributed by atoms with van der Waals surface area (Å²) in [6.45, 7) is 4.04. The van der Waals surface area contributed by atoms with Gasteiger partial charge >= 0.3 is 5.97 Å². The average Bonchev–Trinajstić information content (AvgIpc) is 2.67. The summed E-state index contributed by atoms with van der Waals surface area (Å²) >= 11 is 0. The van der Waals surface area contributed by atoms with Crippen LogP contribution in [0.3, 0.4) is 0 Å². The van der Waals surface area contributed by atoms with Crippen LogP contribution < -0.4 is 10.9 Å². The van der Waals surface area contributed by atoms with E-state index in [0.29, 0.717) is 6.54 Å². The Labute approximate surface area is 152 Å². The minimum atomic E-state index is -0.590. The van der Waals surface area contributed by atoms with Crippen molar-refractivity contribution >= 4 is 11.9 Å². The highest BCUT2D eigenvalue weighted by atomic mass is 16.5. The van der Waals surface area contributed by atoms with Crippen LogP contribution in [0.25, 0.3) is 0 Å². The highest BCUT2D eigenvalue weighted by molar-refractivity contribution is 5.92. The van der Waals surface area contributed by atoms with Crippen LogP contribution in [0.2, 0.25) is 0 Å². The van der Waals surface area contributed by atoms with Gasteiger partial charge in [-0.05, 0) is 25.0 Å². The van der Waals surface area contributed by atoms with Gasteiger partial charge in [0.1, 0.15) is 5.69 Å². The second kappa shape index (κ2) is 8.94. The van der Waals surface area contributed by atoms with E-state index in [9.17, 15) is 14.4 Å². The highest BCUT2D eigenvalue weighted by Crippen LogP contribution is 2.23. The molecule has 1 N–H and O–H groups in total. The number of nitrogens with zero attached hydrogens (tertiary/aromatic N) is 2. The third-order valence-electron chi connectivity index (χ3n) is 4.05. The summed E-state index contributed by atoms with van der Waals surface area (Å²) in [5.74, 6) is -1.48. The van der Waals surface area contributed by atoms with Crippen LogP contribution in [0.4, 0.5) is 0 Å². The van der Waals surface area contributed by atoms with Gasteiger partial charge in [-0.2, -0.15) is 5.10 Å². The number of esters is 1. The molecule has 0 saturated carbocycles. The Morgan fingerprint density at radius 1 is 1.19 bits per heavy atom. The number of nitrogens with one attached hydrogen (secondary N) is 1. The van der Waals surface area contributed by atoms with E-state index in [4.69, 9.17) is 4.74 Å². The van der Waals surface area contributed by atoms with Gasteiger partial charge in [0.15, 0.2) is 0 Å². The molecule has 138 valence electrons. The van der Waals surface area contributed by atoms with Gasteiger partial charge in [-0.15, -0.1) is 0 Å². The Morgan fingerprint density at radius 3 is 2.50 bits per heavy atom. The van der Waals surface area contributed by atoms with Crippen molar-refractivity contribution in [3.05, 3.63) is 64.1 Å². The van der Waals surface area contributed by atoms with Crippen LogP contribution in [-0.2, 0) is 16.1 Å². The maximum Gasteiger partial charge on any atom is 0.310 e. The van der Waals surface area contributed by atoms with Gasteiger partial charge in [-0.3, -0.25) is 14.4 Å². The normalized spacial score (nSPS) is 12.9. The van der Waals surface area contributed by atoms with Gasteiger partial charge in [0.2, 0.25) is 0 Å². The minimum absolute atomic E-state index is 0.121. The van der Waals surface area contributed by atoms with Crippen LogP contribution in [0.5, 0.6) is 0 Å². The van der Waals surface area contributed by atoms with Crippen LogP contribution in [0.15, 0.2) is 47.3 Å². The maximum absolute atomic E-state index is 12.7. The number of rotatable bonds is 7. The summed E-state index contributed by atoms with van der Waals surface area (Å²) in [6, 6.07) is 11.3. The summed E-state index contributed by atoms with van der Waals surface area (Å²) in [7, 11) is 1.31. The van der Waals surface area contributed by atoms with Crippen LogP contribution >= 0.6 is 0 Å². The molecule has 2 rings (SSSR count). The maximum atomic E-state index is 12.7. The molecule has 0 aliphatic rings. The summed E-state index contributed by atoms with van der Waals surface area (Å²) in [4.78, 5) is 36.4. The molecule has 7 heteroatoms. The molecule has 0 fully saturated rings. The number of aromatic nitrogens is 2. The molecule has 0 radical (unpaired) electrons. The van der Waals surface area contributed by atoms with Crippen molar-refractivity contribution < 1.29 is 14.3 Å². The SMILES string of the molecule is CCCn1nc(C(=O)NC(c2ccccc2)C(C)C(=O)OC)ccc1=O. The number of carbonyl (C=O) groups is 2. The number of aryl methyl sites for hydroxylation is 1. The first-order valence-electron chi connectivity index (χ1n) is 8.49. The van der Waals surface area contributed by atoms with E-state index in [1.807, 2.05) is 37.3 Å². The zero-order valence-electron chi connectivity index (χ0n) is 15.1. The van der Waals surface area contributed by atoms with Crippen molar-refractivity contribution in [2.45, 2.75) is 32.9 Å². The Hall–Kier alpha value is -2.96. The first-order valence-corrected chi connectivity index (χ1v) is 8.49. The second-order valence-electron chi connectivity index (χ2n) is 5.95. The molecule has 7 nitrogen and oxygen atoms in total. The number of ether oxygens (including phenoxy) is 1. The number of carbonyl (C=O) groups excluding carboxylic acids is 2. The third-order valence-corrected chi connectivity index (χ3v) is 4.05. The molecule has 1 aromatic carbocycles. The van der Waals surface area contributed by atoms with E-state index in [-0.39, 0.29) is 11.3 Å². The lowest BCUT2D eigenvalue weighted by atomic mass is 9.94. The van der Waals surface area contributed by atoms with Gasteiger partial charge < -0.3 is 10.1 Å². The summed E-state index contributed by atoms with van der Waals surface area (Å²) < 4.78 is 6.08. The van der Waals surface area contributed by atoms with Crippen molar-refractivity contribution in [3.63, 3.8) is 0 Å². The molecule has 1 heterocycles. The lowest BCUT2D eigenvalue weighted by Gasteiger charge is -2.24. The molecular weight excluding hydrogens is 334 g/mol. The van der Waals surface area contributed by atoms with E-state index in [1.54, 1.807) is 6.92 Å². The molecule has 1 amide bonds. The molecule has 0 bridgehead atoms. The molecule has 0 aliphatic carbocycles. The van der Waals surface area contributed by atoms with Gasteiger partial charge in [-0.25, -0.2) is 4.68 Å². The van der Waals surface area contributed by atoms with Crippen molar-refractivity contribution in [1.82, 2.24) is 15.1 Å². The number of benzene rings is 1. The number of hydrogen-bond acceptors (Lipinski definition) is 5. The molecule has 2 atom stereocenters. The van der Waals surface area contributed by atoms with E-state index in [0.717, 1.165) is 12.0 Å². The monoisotopic (exact) mass is 357 g/mol. The summed E-state index contributed by atoms with van der Waals surface area (Å²) in [5.41, 5.74) is 0.641. The summed E-state index contributed by atoms with van der Waals surface area (Å²) in [6.07, 6.45) is 0.726. The van der Waals surface area contributed by atoms with Crippen molar-refractivity contribution in [2.24, 2.45) is 5.92 Å². The largest absolute Gasteiger partial charge is 0.469 e. The van der Waals surface area contributed by atoms with Crippen LogP contribution in [0, 0.1) is 5.92 Å². The summed E-state index contributed by atoms with van der Waals surface area (Å²) in [5, 5.41) is 6.94. The molecule has 0 saturated heterocycles. The fraction of sp³-hybridized carbons (Fsp3) is 0.368. The van der Waals surface area contributed by atoms with Gasteiger partial charge in [0, 0.05) is 12.6 Å². The molecule has 0 spiro atoms.